The monoisotopic (exact) mass is 1320 g/mol. The van der Waals surface area contributed by atoms with Crippen molar-refractivity contribution in [3.05, 3.63) is 141 Å². The molecule has 7 aromatic rings. The van der Waals surface area contributed by atoms with Gasteiger partial charge in [-0.25, -0.2) is 14.4 Å². The molecule has 0 aliphatic carbocycles. The molecule has 0 bridgehead atoms. The van der Waals surface area contributed by atoms with E-state index >= 15 is 0 Å². The van der Waals surface area contributed by atoms with Crippen molar-refractivity contribution < 1.29 is 57.4 Å². The van der Waals surface area contributed by atoms with Crippen LogP contribution in [0.2, 0.25) is 0 Å². The predicted molar refractivity (Wildman–Crippen MR) is 354 cm³/mol. The molecule has 12 amide bonds. The number of fused-ring (bicyclic) bond motifs is 12. The Morgan fingerprint density at radius 1 is 0.447 bits per heavy atom. The SMILES string of the molecule is C[C@@H]1CN2c3ccc(-c4ccc(-c5ccccn5)s4)cc3CC3(C(=O)NC(=O)NC3=O)[C@H]2[C@H](C)O1.C[C@@H]1CN2c3ccc(-c4ccsc4)cc3CC3(C(=O)NC(=O)NC3=O)[C@H]2[C@H](C)O1.Cc1cscc1-c1ccc2c(c1)CC1(C(=O)NC(=O)NC1=O)[C@H]1[C@H](C)O[C@H](C)CN21. The highest BCUT2D eigenvalue weighted by atomic mass is 32.1. The average Bonchev–Trinajstić information content (AvgIpc) is 0.986. The van der Waals surface area contributed by atoms with Gasteiger partial charge in [0.1, 0.15) is 0 Å². The fraction of sp³-hybridized carbons (Fsp3) is 0.362. The van der Waals surface area contributed by atoms with E-state index < -0.39 is 87.9 Å². The second-order valence-corrected chi connectivity index (χ2v) is 28.4. The number of aromatic nitrogens is 1. The van der Waals surface area contributed by atoms with Crippen LogP contribution >= 0.6 is 34.0 Å². The smallest absolute Gasteiger partial charge is 0.328 e. The van der Waals surface area contributed by atoms with E-state index in [1.807, 2.05) is 71.2 Å². The molecule has 94 heavy (non-hydrogen) atoms. The summed E-state index contributed by atoms with van der Waals surface area (Å²) < 4.78 is 18.1. The van der Waals surface area contributed by atoms with E-state index in [-0.39, 0.29) is 55.9 Å². The molecule has 13 heterocycles. The van der Waals surface area contributed by atoms with Crippen LogP contribution in [-0.2, 0) is 62.2 Å². The number of nitrogens with one attached hydrogen (secondary N) is 6. The molecule has 22 nitrogen and oxygen atoms in total. The summed E-state index contributed by atoms with van der Waals surface area (Å²) in [6.45, 7) is 15.4. The third-order valence-electron chi connectivity index (χ3n) is 19.8. The van der Waals surface area contributed by atoms with Gasteiger partial charge in [0, 0.05) is 47.8 Å². The number of morpholine rings is 3. The predicted octanol–water partition coefficient (Wildman–Crippen LogP) is 8.29. The molecule has 0 saturated carbocycles. The van der Waals surface area contributed by atoms with E-state index in [4.69, 9.17) is 14.2 Å². The van der Waals surface area contributed by atoms with Crippen LogP contribution in [0.5, 0.6) is 0 Å². The topological polar surface area (TPSA) is 276 Å². The molecule has 3 aromatic carbocycles. The fourth-order valence-corrected chi connectivity index (χ4v) is 18.6. The molecular formula is C69H68N10O12S3. The van der Waals surface area contributed by atoms with Crippen LogP contribution < -0.4 is 46.6 Å². The molecule has 484 valence electrons. The minimum atomic E-state index is -1.46. The summed E-state index contributed by atoms with van der Waals surface area (Å²) in [5.41, 5.74) is 8.91. The number of amides is 12. The Hall–Kier alpha value is -8.98. The van der Waals surface area contributed by atoms with Crippen LogP contribution in [0, 0.1) is 23.2 Å². The van der Waals surface area contributed by atoms with Crippen molar-refractivity contribution >= 4 is 105 Å². The van der Waals surface area contributed by atoms with Crippen LogP contribution in [0.25, 0.3) is 43.3 Å². The minimum Gasteiger partial charge on any atom is -0.372 e. The first-order chi connectivity index (χ1) is 45.1. The zero-order chi connectivity index (χ0) is 65.9. The second kappa shape index (κ2) is 23.8. The zero-order valence-electron chi connectivity index (χ0n) is 52.4. The van der Waals surface area contributed by atoms with Crippen LogP contribution in [0.4, 0.5) is 31.4 Å². The van der Waals surface area contributed by atoms with Gasteiger partial charge in [-0.1, -0.05) is 24.3 Å². The summed E-state index contributed by atoms with van der Waals surface area (Å²) >= 11 is 4.91. The van der Waals surface area contributed by atoms with Crippen molar-refractivity contribution in [1.29, 1.82) is 0 Å². The molecule has 9 aliphatic heterocycles. The Bertz CT molecular complexity index is 4240. The summed E-state index contributed by atoms with van der Waals surface area (Å²) in [6, 6.07) is 26.8. The number of nitrogens with zero attached hydrogens (tertiary/aromatic N) is 4. The Morgan fingerprint density at radius 3 is 1.27 bits per heavy atom. The van der Waals surface area contributed by atoms with E-state index in [9.17, 15) is 43.2 Å². The number of rotatable bonds is 4. The van der Waals surface area contributed by atoms with Gasteiger partial charge in [0.25, 0.3) is 0 Å². The first kappa shape index (κ1) is 62.5. The standard InChI is InChI=1S/C26H24N4O4S.C22H23N3O4S.C21H21N3O4S/c1-14-13-30-19-7-6-16(20-8-9-21(35-20)18-5-3-4-10-27-18)11-17(19)12-26(22(30)15(2)34-14)23(31)28-25(33)29-24(26)32;1-11-9-30-10-16(11)14-4-5-17-15(6-14)7-22(19(26)23-21(28)24-20(22)27)18-13(3)29-12(2)8-25(17)18;1-11-9-24-16-4-3-13(14-5-6-29-10-14)7-15(16)8-21(17(24)12(2)28-11)18(25)22-20(27)23-19(21)26/h3-11,14-15,22H,12-13H2,1-2H3,(H2,28,29,31,32,33);4-6,9-10,12-13,18H,7-8H2,1-3H3,(H2,23,24,26,27,28);3-7,10-12,17H,8-9H2,1-2H3,(H2,22,23,25,26,27)/t14-,15+,22-;12-,13+,18-;11-,12+,17-/m111/s1. The number of thiophene rings is 3. The maximum atomic E-state index is 13.3. The van der Waals surface area contributed by atoms with Gasteiger partial charge in [-0.3, -0.25) is 65.7 Å². The van der Waals surface area contributed by atoms with Crippen LogP contribution in [0.1, 0.15) is 63.8 Å². The lowest BCUT2D eigenvalue weighted by molar-refractivity contribution is -0.154. The average molecular weight is 1330 g/mol. The summed E-state index contributed by atoms with van der Waals surface area (Å²) in [7, 11) is 0. The Labute approximate surface area is 553 Å². The van der Waals surface area contributed by atoms with Crippen LogP contribution in [-0.4, -0.2) is 133 Å². The molecule has 16 rings (SSSR count). The summed E-state index contributed by atoms with van der Waals surface area (Å²) in [4.78, 5) is 128. The summed E-state index contributed by atoms with van der Waals surface area (Å²) in [6.07, 6.45) is 1.14. The number of hydrogen-bond acceptors (Lipinski definition) is 19. The number of anilines is 3. The van der Waals surface area contributed by atoms with Gasteiger partial charge in [0.05, 0.1) is 65.3 Å². The number of carbonyl (C=O) groups excluding carboxylic acids is 9. The van der Waals surface area contributed by atoms with Crippen molar-refractivity contribution in [2.45, 2.75) is 122 Å². The molecule has 3 spiro atoms. The van der Waals surface area contributed by atoms with E-state index in [1.54, 1.807) is 40.2 Å². The zero-order valence-corrected chi connectivity index (χ0v) is 54.8. The van der Waals surface area contributed by atoms with Gasteiger partial charge in [-0.05, 0) is 206 Å². The lowest BCUT2D eigenvalue weighted by Crippen LogP contribution is -2.75. The molecule has 9 aliphatic rings. The van der Waals surface area contributed by atoms with Gasteiger partial charge in [0.15, 0.2) is 16.2 Å². The fourth-order valence-electron chi connectivity index (χ4n) is 16.1. The number of urea groups is 3. The highest BCUT2D eigenvalue weighted by Gasteiger charge is 2.66. The third kappa shape index (κ3) is 10.3. The normalized spacial score (nSPS) is 26.6. The van der Waals surface area contributed by atoms with E-state index in [0.717, 1.165) is 77.0 Å². The molecule has 4 aromatic heterocycles. The summed E-state index contributed by atoms with van der Waals surface area (Å²) in [5.74, 6) is -3.37. The lowest BCUT2D eigenvalue weighted by Gasteiger charge is -2.55. The number of carbonyl (C=O) groups is 9. The van der Waals surface area contributed by atoms with Crippen molar-refractivity contribution in [3.8, 4) is 43.3 Å². The van der Waals surface area contributed by atoms with E-state index in [1.165, 1.54) is 5.56 Å². The number of imide groups is 6. The van der Waals surface area contributed by atoms with Crippen molar-refractivity contribution in [2.24, 2.45) is 16.2 Å². The molecular weight excluding hydrogens is 1260 g/mol. The quantitative estimate of drug-likeness (QED) is 0.0904. The van der Waals surface area contributed by atoms with Crippen LogP contribution in [0.15, 0.2) is 119 Å². The van der Waals surface area contributed by atoms with Crippen molar-refractivity contribution in [1.82, 2.24) is 36.9 Å². The highest BCUT2D eigenvalue weighted by Crippen LogP contribution is 2.52. The minimum absolute atomic E-state index is 0.0443. The molecule has 0 unspecified atom stereocenters. The molecule has 6 fully saturated rings. The third-order valence-corrected chi connectivity index (χ3v) is 22.5. The largest absolute Gasteiger partial charge is 0.372 e. The van der Waals surface area contributed by atoms with Crippen LogP contribution in [0.3, 0.4) is 0 Å². The van der Waals surface area contributed by atoms with Gasteiger partial charge in [-0.2, -0.15) is 22.7 Å². The Balaban J connectivity index is 0.000000122. The molecule has 6 N–H and O–H groups in total. The Morgan fingerprint density at radius 2 is 0.862 bits per heavy atom. The highest BCUT2D eigenvalue weighted by molar-refractivity contribution is 7.18. The lowest BCUT2D eigenvalue weighted by atomic mass is 9.66. The van der Waals surface area contributed by atoms with Gasteiger partial charge >= 0.3 is 18.1 Å². The van der Waals surface area contributed by atoms with Crippen molar-refractivity contribution in [2.75, 3.05) is 34.3 Å². The molecule has 6 saturated heterocycles. The van der Waals surface area contributed by atoms with Gasteiger partial charge < -0.3 is 28.9 Å². The van der Waals surface area contributed by atoms with Gasteiger partial charge in [-0.15, -0.1) is 11.3 Å². The number of ether oxygens (including phenoxy) is 3. The number of aryl methyl sites for hydroxylation is 1. The van der Waals surface area contributed by atoms with E-state index in [0.29, 0.717) is 19.6 Å². The Kier molecular flexibility index (Phi) is 15.8. The molecule has 9 atom stereocenters. The maximum Gasteiger partial charge on any atom is 0.328 e. The molecule has 0 radical (unpaired) electrons. The first-order valence-electron chi connectivity index (χ1n) is 31.3. The summed E-state index contributed by atoms with van der Waals surface area (Å²) in [5, 5.41) is 22.3. The number of barbiturate groups is 3. The number of pyridine rings is 1. The van der Waals surface area contributed by atoms with Crippen molar-refractivity contribution in [3.63, 3.8) is 0 Å². The maximum absolute atomic E-state index is 13.3. The number of hydrogen-bond donors (Lipinski definition) is 6. The van der Waals surface area contributed by atoms with Gasteiger partial charge in [0.2, 0.25) is 35.4 Å². The van der Waals surface area contributed by atoms with E-state index in [2.05, 4.69) is 141 Å². The second-order valence-electron chi connectivity index (χ2n) is 25.8. The first-order valence-corrected chi connectivity index (χ1v) is 34.0. The number of benzene rings is 3. The molecule has 25 heteroatoms.